The second-order valence-corrected chi connectivity index (χ2v) is 12.0. The fourth-order valence-electron chi connectivity index (χ4n) is 4.36. The molecule has 1 aliphatic rings. The number of hydrogen-bond acceptors (Lipinski definition) is 6. The van der Waals surface area contributed by atoms with Crippen molar-refractivity contribution in [2.45, 2.75) is 44.2 Å². The summed E-state index contributed by atoms with van der Waals surface area (Å²) in [6.45, 7) is 6.02. The molecule has 9 heteroatoms. The van der Waals surface area contributed by atoms with E-state index in [0.717, 1.165) is 17.5 Å². The molecule has 0 spiro atoms. The zero-order valence-electron chi connectivity index (χ0n) is 21.0. The number of benzene rings is 2. The van der Waals surface area contributed by atoms with Crippen LogP contribution >= 0.6 is 11.3 Å². The van der Waals surface area contributed by atoms with Crippen molar-refractivity contribution in [1.29, 1.82) is 0 Å². The summed E-state index contributed by atoms with van der Waals surface area (Å²) in [5, 5.41) is 2.03. The van der Waals surface area contributed by atoms with Crippen LogP contribution in [0.1, 0.15) is 35.9 Å². The molecule has 1 atom stereocenters. The second-order valence-electron chi connectivity index (χ2n) is 9.10. The summed E-state index contributed by atoms with van der Waals surface area (Å²) in [6, 6.07) is 15.4. The highest BCUT2D eigenvalue weighted by Gasteiger charge is 2.36. The van der Waals surface area contributed by atoms with Gasteiger partial charge in [-0.25, -0.2) is 8.42 Å². The number of rotatable bonds is 9. The maximum atomic E-state index is 13.6. The number of amides is 1. The third kappa shape index (κ3) is 5.58. The molecule has 0 bridgehead atoms. The molecule has 2 aromatic carbocycles. The van der Waals surface area contributed by atoms with E-state index in [1.165, 1.54) is 9.18 Å². The first kappa shape index (κ1) is 26.2. The summed E-state index contributed by atoms with van der Waals surface area (Å²) in [6.07, 6.45) is 0.737. The highest BCUT2D eigenvalue weighted by atomic mass is 32.2. The molecule has 0 N–H and O–H groups in total. The molecule has 4 rings (SSSR count). The van der Waals surface area contributed by atoms with Crippen LogP contribution in [0.2, 0.25) is 0 Å². The van der Waals surface area contributed by atoms with Gasteiger partial charge in [-0.15, -0.1) is 11.3 Å². The molecule has 1 amide bonds. The Bertz CT molecular complexity index is 1300. The highest BCUT2D eigenvalue weighted by molar-refractivity contribution is 7.89. The Morgan fingerprint density at radius 2 is 1.86 bits per heavy atom. The van der Waals surface area contributed by atoms with Gasteiger partial charge in [0.15, 0.2) is 0 Å². The maximum Gasteiger partial charge on any atom is 0.243 e. The van der Waals surface area contributed by atoms with Crippen LogP contribution in [-0.2, 0) is 21.2 Å². The summed E-state index contributed by atoms with van der Waals surface area (Å²) in [5.74, 6) is 1.10. The summed E-state index contributed by atoms with van der Waals surface area (Å²) < 4.78 is 39.5. The third-order valence-electron chi connectivity index (χ3n) is 6.36. The van der Waals surface area contributed by atoms with E-state index in [0.29, 0.717) is 18.0 Å². The average molecular weight is 529 g/mol. The van der Waals surface area contributed by atoms with E-state index < -0.39 is 10.0 Å². The van der Waals surface area contributed by atoms with Crippen molar-refractivity contribution >= 4 is 27.3 Å². The Kier molecular flexibility index (Phi) is 8.02. The van der Waals surface area contributed by atoms with Crippen LogP contribution in [0, 0.1) is 6.92 Å². The Hall–Kier alpha value is -2.88. The monoisotopic (exact) mass is 528 g/mol. The van der Waals surface area contributed by atoms with Crippen LogP contribution in [0.15, 0.2) is 64.9 Å². The van der Waals surface area contributed by atoms with Gasteiger partial charge in [0.1, 0.15) is 18.1 Å². The van der Waals surface area contributed by atoms with Crippen LogP contribution in [0.3, 0.4) is 0 Å². The van der Waals surface area contributed by atoms with Gasteiger partial charge in [-0.1, -0.05) is 23.8 Å². The summed E-state index contributed by atoms with van der Waals surface area (Å²) in [4.78, 5) is 16.8. The zero-order chi connectivity index (χ0) is 25.9. The Morgan fingerprint density at radius 3 is 2.56 bits per heavy atom. The van der Waals surface area contributed by atoms with E-state index >= 15 is 0 Å². The number of methoxy groups -OCH3 is 1. The predicted octanol–water partition coefficient (Wildman–Crippen LogP) is 4.67. The molecular weight excluding hydrogens is 496 g/mol. The molecule has 0 radical (unpaired) electrons. The molecule has 7 nitrogen and oxygen atoms in total. The lowest BCUT2D eigenvalue weighted by molar-refractivity contribution is -0.135. The molecule has 0 aliphatic carbocycles. The number of carbonyl (C=O) groups is 1. The minimum atomic E-state index is -3.84. The molecule has 0 saturated carbocycles. The van der Waals surface area contributed by atoms with E-state index in [-0.39, 0.29) is 36.0 Å². The van der Waals surface area contributed by atoms with Crippen molar-refractivity contribution in [2.75, 3.05) is 26.8 Å². The van der Waals surface area contributed by atoms with E-state index in [9.17, 15) is 13.2 Å². The van der Waals surface area contributed by atoms with Crippen molar-refractivity contribution < 1.29 is 22.7 Å². The molecule has 192 valence electrons. The van der Waals surface area contributed by atoms with Gasteiger partial charge in [0.05, 0.1) is 24.6 Å². The van der Waals surface area contributed by atoms with Crippen LogP contribution in [-0.4, -0.2) is 56.4 Å². The first-order valence-corrected chi connectivity index (χ1v) is 14.2. The molecule has 1 aromatic heterocycles. The van der Waals surface area contributed by atoms with Crippen molar-refractivity contribution in [1.82, 2.24) is 9.21 Å². The van der Waals surface area contributed by atoms with Crippen molar-refractivity contribution in [3.63, 3.8) is 0 Å². The van der Waals surface area contributed by atoms with Crippen LogP contribution in [0.4, 0.5) is 0 Å². The van der Waals surface area contributed by atoms with E-state index in [1.54, 1.807) is 67.5 Å². The first-order chi connectivity index (χ1) is 17.2. The molecule has 0 fully saturated rings. The fraction of sp³-hybridized carbons (Fsp3) is 0.370. The first-order valence-electron chi connectivity index (χ1n) is 11.9. The van der Waals surface area contributed by atoms with Gasteiger partial charge in [-0.3, -0.25) is 4.79 Å². The maximum absolute atomic E-state index is 13.6. The molecule has 0 unspecified atom stereocenters. The number of sulfonamides is 1. The Labute approximate surface area is 217 Å². The van der Waals surface area contributed by atoms with Gasteiger partial charge in [0.25, 0.3) is 0 Å². The standard InChI is InChI=1S/C27H32N2O5S2/c1-19(2)29(36(31,32)23-10-8-20(3)9-11-23)17-27(30)28-14-12-26-24(13-15-35-26)25(28)18-34-22-7-5-6-21(16-22)33-4/h5-11,13,15-16,19,25H,12,14,17-18H2,1-4H3/t25-/m1/s1. The third-order valence-corrected chi connectivity index (χ3v) is 9.39. The lowest BCUT2D eigenvalue weighted by atomic mass is 10.0. The molecule has 1 aliphatic heterocycles. The van der Waals surface area contributed by atoms with Crippen LogP contribution < -0.4 is 9.47 Å². The number of ether oxygens (including phenoxy) is 2. The van der Waals surface area contributed by atoms with E-state index in [1.807, 2.05) is 36.6 Å². The predicted molar refractivity (Wildman–Crippen MR) is 141 cm³/mol. The lowest BCUT2D eigenvalue weighted by Gasteiger charge is -2.37. The average Bonchev–Trinajstić information content (AvgIpc) is 3.35. The van der Waals surface area contributed by atoms with Crippen LogP contribution in [0.25, 0.3) is 0 Å². The molecular formula is C27H32N2O5S2. The largest absolute Gasteiger partial charge is 0.497 e. The quantitative estimate of drug-likeness (QED) is 0.404. The van der Waals surface area contributed by atoms with Crippen LogP contribution in [0.5, 0.6) is 11.5 Å². The van der Waals surface area contributed by atoms with Gasteiger partial charge in [0.2, 0.25) is 15.9 Å². The van der Waals surface area contributed by atoms with E-state index in [2.05, 4.69) is 0 Å². The van der Waals surface area contributed by atoms with Gasteiger partial charge in [-0.2, -0.15) is 4.31 Å². The smallest absolute Gasteiger partial charge is 0.243 e. The van der Waals surface area contributed by atoms with E-state index in [4.69, 9.17) is 9.47 Å². The van der Waals surface area contributed by atoms with Crippen molar-refractivity contribution in [3.8, 4) is 11.5 Å². The SMILES string of the molecule is COc1cccc(OC[C@@H]2c3ccsc3CCN2C(=O)CN(C(C)C)S(=O)(=O)c2ccc(C)cc2)c1. The summed E-state index contributed by atoms with van der Waals surface area (Å²) in [5.41, 5.74) is 2.03. The molecule has 3 aromatic rings. The molecule has 2 heterocycles. The number of hydrogen-bond donors (Lipinski definition) is 0. The van der Waals surface area contributed by atoms with Crippen molar-refractivity contribution in [2.24, 2.45) is 0 Å². The zero-order valence-corrected chi connectivity index (χ0v) is 22.6. The number of thiophene rings is 1. The van der Waals surface area contributed by atoms with Gasteiger partial charge in [0, 0.05) is 23.5 Å². The minimum Gasteiger partial charge on any atom is -0.497 e. The lowest BCUT2D eigenvalue weighted by Crippen LogP contribution is -2.49. The van der Waals surface area contributed by atoms with Gasteiger partial charge < -0.3 is 14.4 Å². The summed E-state index contributed by atoms with van der Waals surface area (Å²) >= 11 is 1.67. The molecule has 0 saturated heterocycles. The number of nitrogens with zero attached hydrogens (tertiary/aromatic N) is 2. The van der Waals surface area contributed by atoms with Gasteiger partial charge in [-0.05, 0) is 68.5 Å². The summed E-state index contributed by atoms with van der Waals surface area (Å²) in [7, 11) is -2.24. The number of aryl methyl sites for hydroxylation is 1. The topological polar surface area (TPSA) is 76.2 Å². The molecule has 36 heavy (non-hydrogen) atoms. The Morgan fingerprint density at radius 1 is 1.14 bits per heavy atom. The van der Waals surface area contributed by atoms with Gasteiger partial charge >= 0.3 is 0 Å². The second kappa shape index (κ2) is 11.0. The number of fused-ring (bicyclic) bond motifs is 1. The fourth-order valence-corrected chi connectivity index (χ4v) is 6.87. The highest BCUT2D eigenvalue weighted by Crippen LogP contribution is 2.34. The Balaban J connectivity index is 1.56. The van der Waals surface area contributed by atoms with Crippen molar-refractivity contribution in [3.05, 3.63) is 76.0 Å². The minimum absolute atomic E-state index is 0.186. The normalized spacial score (nSPS) is 15.7. The number of carbonyl (C=O) groups excluding carboxylic acids is 1.